The largest absolute Gasteiger partial charge is 0.507 e. The Morgan fingerprint density at radius 3 is 2.95 bits per heavy atom. The summed E-state index contributed by atoms with van der Waals surface area (Å²) in [5.41, 5.74) is 0.261. The molecule has 1 fully saturated rings. The van der Waals surface area contributed by atoms with Crippen LogP contribution >= 0.6 is 0 Å². The van der Waals surface area contributed by atoms with Gasteiger partial charge in [0.2, 0.25) is 0 Å². The molecule has 1 aliphatic heterocycles. The number of likely N-dealkylation sites (tertiary alicyclic amines) is 1. The fourth-order valence-electron chi connectivity index (χ4n) is 2.92. The molecule has 1 atom stereocenters. The summed E-state index contributed by atoms with van der Waals surface area (Å²) >= 11 is 0. The van der Waals surface area contributed by atoms with Gasteiger partial charge in [0.05, 0.1) is 12.7 Å². The number of methoxy groups -OCH3 is 1. The van der Waals surface area contributed by atoms with Crippen LogP contribution in [0.3, 0.4) is 0 Å². The van der Waals surface area contributed by atoms with Crippen molar-refractivity contribution in [1.29, 1.82) is 0 Å². The highest BCUT2D eigenvalue weighted by molar-refractivity contribution is 5.97. The van der Waals surface area contributed by atoms with E-state index in [0.29, 0.717) is 24.1 Å². The Labute approximate surface area is 132 Å². The van der Waals surface area contributed by atoms with Crippen LogP contribution in [0.1, 0.15) is 30.6 Å². The number of nitrogens with one attached hydrogen (secondary N) is 1. The highest BCUT2D eigenvalue weighted by Crippen LogP contribution is 2.23. The van der Waals surface area contributed by atoms with Gasteiger partial charge in [-0.1, -0.05) is 13.8 Å². The maximum absolute atomic E-state index is 12.2. The first-order valence-corrected chi connectivity index (χ1v) is 7.87. The minimum absolute atomic E-state index is 0.0221. The van der Waals surface area contributed by atoms with Crippen LogP contribution < -0.4 is 10.1 Å². The van der Waals surface area contributed by atoms with Crippen LogP contribution in [0.15, 0.2) is 18.2 Å². The third kappa shape index (κ3) is 4.37. The number of rotatable bonds is 6. The van der Waals surface area contributed by atoms with Crippen molar-refractivity contribution in [3.63, 3.8) is 0 Å². The van der Waals surface area contributed by atoms with Crippen molar-refractivity contribution >= 4 is 5.91 Å². The topological polar surface area (TPSA) is 61.8 Å². The van der Waals surface area contributed by atoms with Crippen LogP contribution in [-0.2, 0) is 0 Å². The van der Waals surface area contributed by atoms with E-state index in [-0.39, 0.29) is 17.2 Å². The number of phenolic OH excluding ortho intramolecular Hbond substituents is 1. The highest BCUT2D eigenvalue weighted by atomic mass is 16.5. The van der Waals surface area contributed by atoms with Gasteiger partial charge < -0.3 is 20.1 Å². The van der Waals surface area contributed by atoms with Gasteiger partial charge in [0, 0.05) is 19.6 Å². The SMILES string of the molecule is COc1ccc(O)c(C(=O)NC[C@@H]2CCN(CC(C)C)C2)c1. The Morgan fingerprint density at radius 1 is 1.50 bits per heavy atom. The molecule has 1 amide bonds. The predicted octanol–water partition coefficient (Wildman–Crippen LogP) is 2.11. The van der Waals surface area contributed by atoms with Crippen molar-refractivity contribution in [2.75, 3.05) is 33.3 Å². The highest BCUT2D eigenvalue weighted by Gasteiger charge is 2.23. The van der Waals surface area contributed by atoms with Gasteiger partial charge in [-0.25, -0.2) is 0 Å². The average Bonchev–Trinajstić information content (AvgIpc) is 2.92. The molecule has 0 unspecified atom stereocenters. The van der Waals surface area contributed by atoms with Crippen LogP contribution in [0, 0.1) is 11.8 Å². The molecule has 1 aliphatic rings. The molecule has 0 radical (unpaired) electrons. The first-order valence-electron chi connectivity index (χ1n) is 7.87. The molecule has 2 N–H and O–H groups in total. The van der Waals surface area contributed by atoms with E-state index in [1.165, 1.54) is 13.2 Å². The number of nitrogens with zero attached hydrogens (tertiary/aromatic N) is 1. The number of phenols is 1. The second-order valence-electron chi connectivity index (χ2n) is 6.40. The van der Waals surface area contributed by atoms with Crippen molar-refractivity contribution in [3.8, 4) is 11.5 Å². The van der Waals surface area contributed by atoms with Gasteiger partial charge in [0.1, 0.15) is 11.5 Å². The molecule has 0 aliphatic carbocycles. The summed E-state index contributed by atoms with van der Waals surface area (Å²) in [4.78, 5) is 14.7. The zero-order valence-corrected chi connectivity index (χ0v) is 13.6. The molecule has 0 saturated carbocycles. The van der Waals surface area contributed by atoms with E-state index >= 15 is 0 Å². The van der Waals surface area contributed by atoms with E-state index in [1.54, 1.807) is 12.1 Å². The van der Waals surface area contributed by atoms with Gasteiger partial charge in [0.15, 0.2) is 0 Å². The summed E-state index contributed by atoms with van der Waals surface area (Å²) in [7, 11) is 1.54. The molecule has 5 nitrogen and oxygen atoms in total. The van der Waals surface area contributed by atoms with E-state index < -0.39 is 0 Å². The van der Waals surface area contributed by atoms with Crippen molar-refractivity contribution in [1.82, 2.24) is 10.2 Å². The summed E-state index contributed by atoms with van der Waals surface area (Å²) in [6.07, 6.45) is 1.11. The second-order valence-corrected chi connectivity index (χ2v) is 6.40. The van der Waals surface area contributed by atoms with Crippen LogP contribution in [0.2, 0.25) is 0 Å². The molecule has 1 aromatic carbocycles. The minimum atomic E-state index is -0.251. The zero-order valence-electron chi connectivity index (χ0n) is 13.6. The zero-order chi connectivity index (χ0) is 16.1. The summed E-state index contributed by atoms with van der Waals surface area (Å²) in [6, 6.07) is 4.67. The van der Waals surface area contributed by atoms with E-state index in [4.69, 9.17) is 4.74 Å². The lowest BCUT2D eigenvalue weighted by atomic mass is 10.1. The van der Waals surface area contributed by atoms with Crippen LogP contribution in [0.4, 0.5) is 0 Å². The minimum Gasteiger partial charge on any atom is -0.507 e. The van der Waals surface area contributed by atoms with Crippen LogP contribution in [0.25, 0.3) is 0 Å². The molecule has 0 bridgehead atoms. The maximum Gasteiger partial charge on any atom is 0.255 e. The fourth-order valence-corrected chi connectivity index (χ4v) is 2.92. The van der Waals surface area contributed by atoms with Crippen molar-refractivity contribution in [2.45, 2.75) is 20.3 Å². The smallest absolute Gasteiger partial charge is 0.255 e. The Hall–Kier alpha value is -1.75. The molecule has 0 spiro atoms. The normalized spacial score (nSPS) is 18.6. The number of hydrogen-bond donors (Lipinski definition) is 2. The number of benzene rings is 1. The molecule has 2 rings (SSSR count). The van der Waals surface area contributed by atoms with Gasteiger partial charge in [-0.2, -0.15) is 0 Å². The van der Waals surface area contributed by atoms with Gasteiger partial charge in [-0.3, -0.25) is 4.79 Å². The standard InChI is InChI=1S/C17H26N2O3/c1-12(2)10-19-7-6-13(11-19)9-18-17(21)15-8-14(22-3)4-5-16(15)20/h4-5,8,12-13,20H,6-7,9-11H2,1-3H3,(H,18,21)/t13-/m0/s1. The van der Waals surface area contributed by atoms with Crippen LogP contribution in [0.5, 0.6) is 11.5 Å². The first-order chi connectivity index (χ1) is 10.5. The lowest BCUT2D eigenvalue weighted by Gasteiger charge is -2.18. The Bertz CT molecular complexity index is 517. The molecular weight excluding hydrogens is 280 g/mol. The van der Waals surface area contributed by atoms with Gasteiger partial charge >= 0.3 is 0 Å². The number of hydrogen-bond acceptors (Lipinski definition) is 4. The number of amides is 1. The molecule has 22 heavy (non-hydrogen) atoms. The number of carbonyl (C=O) groups is 1. The van der Waals surface area contributed by atoms with E-state index in [9.17, 15) is 9.90 Å². The van der Waals surface area contributed by atoms with Gasteiger partial charge in [0.25, 0.3) is 5.91 Å². The number of ether oxygens (including phenoxy) is 1. The molecule has 122 valence electrons. The second kappa shape index (κ2) is 7.49. The number of carbonyl (C=O) groups excluding carboxylic acids is 1. The van der Waals surface area contributed by atoms with Crippen LogP contribution in [-0.4, -0.2) is 49.2 Å². The molecule has 5 heteroatoms. The third-order valence-corrected chi connectivity index (χ3v) is 3.99. The molecule has 1 heterocycles. The summed E-state index contributed by atoms with van der Waals surface area (Å²) < 4.78 is 5.09. The van der Waals surface area contributed by atoms with Crippen molar-refractivity contribution in [3.05, 3.63) is 23.8 Å². The van der Waals surface area contributed by atoms with E-state index in [1.807, 2.05) is 0 Å². The van der Waals surface area contributed by atoms with Crippen molar-refractivity contribution < 1.29 is 14.6 Å². The maximum atomic E-state index is 12.2. The third-order valence-electron chi connectivity index (χ3n) is 3.99. The Kier molecular flexibility index (Phi) is 5.66. The van der Waals surface area contributed by atoms with Gasteiger partial charge in [-0.15, -0.1) is 0 Å². The lowest BCUT2D eigenvalue weighted by Crippen LogP contribution is -2.31. The quantitative estimate of drug-likeness (QED) is 0.845. The van der Waals surface area contributed by atoms with E-state index in [2.05, 4.69) is 24.1 Å². The Balaban J connectivity index is 1.86. The van der Waals surface area contributed by atoms with E-state index in [0.717, 1.165) is 26.1 Å². The lowest BCUT2D eigenvalue weighted by molar-refractivity contribution is 0.0944. The molecule has 1 saturated heterocycles. The Morgan fingerprint density at radius 2 is 2.27 bits per heavy atom. The summed E-state index contributed by atoms with van der Waals surface area (Å²) in [5.74, 6) is 1.44. The molecule has 0 aromatic heterocycles. The first kappa shape index (κ1) is 16.6. The predicted molar refractivity (Wildman–Crippen MR) is 86.4 cm³/mol. The monoisotopic (exact) mass is 306 g/mol. The molecular formula is C17H26N2O3. The molecule has 1 aromatic rings. The van der Waals surface area contributed by atoms with Gasteiger partial charge in [-0.05, 0) is 43.0 Å². The summed E-state index contributed by atoms with van der Waals surface area (Å²) in [5, 5.41) is 12.7. The fraction of sp³-hybridized carbons (Fsp3) is 0.588. The van der Waals surface area contributed by atoms with Crippen molar-refractivity contribution in [2.24, 2.45) is 11.8 Å². The number of aromatic hydroxyl groups is 1. The average molecular weight is 306 g/mol. The summed E-state index contributed by atoms with van der Waals surface area (Å²) in [6.45, 7) is 8.33.